The fraction of sp³-hybridized carbons (Fsp3) is 0.250. The molecule has 0 aliphatic heterocycles. The number of thioether (sulfide) groups is 1. The number of hydrogen-bond acceptors (Lipinski definition) is 5. The normalized spacial score (nSPS) is 11.5. The molecule has 0 aliphatic rings. The summed E-state index contributed by atoms with van der Waals surface area (Å²) < 4.78 is 32.6. The molecule has 4 aromatic rings. The highest BCUT2D eigenvalue weighted by atomic mass is 32.2. The van der Waals surface area contributed by atoms with Gasteiger partial charge in [-0.25, -0.2) is 9.37 Å². The number of nitrogens with zero attached hydrogens (tertiary/aromatic N) is 2. The van der Waals surface area contributed by atoms with Crippen LogP contribution < -0.4 is 9.47 Å². The van der Waals surface area contributed by atoms with Gasteiger partial charge in [0.05, 0.1) is 32.7 Å². The molecule has 3 aromatic carbocycles. The van der Waals surface area contributed by atoms with E-state index in [1.54, 1.807) is 26.4 Å². The number of ether oxygens (including phenoxy) is 3. The van der Waals surface area contributed by atoms with Gasteiger partial charge < -0.3 is 14.2 Å². The predicted octanol–water partition coefficient (Wildman–Crippen LogP) is 6.62. The summed E-state index contributed by atoms with van der Waals surface area (Å²) in [6.45, 7) is 4.78. The Bertz CT molecular complexity index is 1260. The van der Waals surface area contributed by atoms with Gasteiger partial charge in [0.25, 0.3) is 0 Å². The average Bonchev–Trinajstić information content (AvgIpc) is 3.32. The SMILES string of the molecule is COc1ccc(C(C)(C)c2cnc(SCOCc3ccccc3)n2-c2ccc(F)cc2)cc1OC. The van der Waals surface area contributed by atoms with Gasteiger partial charge in [-0.1, -0.05) is 62.0 Å². The summed E-state index contributed by atoms with van der Waals surface area (Å²) in [4.78, 5) is 4.72. The van der Waals surface area contributed by atoms with Crippen LogP contribution in [0.1, 0.15) is 30.7 Å². The molecule has 7 heteroatoms. The Kier molecular flexibility index (Phi) is 7.78. The highest BCUT2D eigenvalue weighted by Crippen LogP contribution is 2.39. The van der Waals surface area contributed by atoms with E-state index in [9.17, 15) is 4.39 Å². The van der Waals surface area contributed by atoms with Crippen LogP contribution in [-0.4, -0.2) is 29.7 Å². The van der Waals surface area contributed by atoms with Gasteiger partial charge in [0, 0.05) is 11.1 Å². The Morgan fingerprint density at radius 2 is 1.63 bits per heavy atom. The lowest BCUT2D eigenvalue weighted by molar-refractivity contribution is 0.169. The lowest BCUT2D eigenvalue weighted by atomic mass is 9.81. The molecule has 0 spiro atoms. The highest BCUT2D eigenvalue weighted by Gasteiger charge is 2.30. The Labute approximate surface area is 209 Å². The molecular formula is C28H29FN2O3S. The smallest absolute Gasteiger partial charge is 0.175 e. The minimum absolute atomic E-state index is 0.282. The Hall–Kier alpha value is -3.29. The first kappa shape index (κ1) is 24.8. The van der Waals surface area contributed by atoms with E-state index in [0.717, 1.165) is 27.7 Å². The van der Waals surface area contributed by atoms with Crippen molar-refractivity contribution in [2.24, 2.45) is 0 Å². The van der Waals surface area contributed by atoms with E-state index in [1.807, 2.05) is 54.7 Å². The van der Waals surface area contributed by atoms with Gasteiger partial charge in [0.1, 0.15) is 11.8 Å². The van der Waals surface area contributed by atoms with Crippen molar-refractivity contribution in [1.82, 2.24) is 9.55 Å². The van der Waals surface area contributed by atoms with Crippen molar-refractivity contribution >= 4 is 11.8 Å². The van der Waals surface area contributed by atoms with E-state index in [-0.39, 0.29) is 5.82 Å². The van der Waals surface area contributed by atoms with Crippen molar-refractivity contribution in [1.29, 1.82) is 0 Å². The highest BCUT2D eigenvalue weighted by molar-refractivity contribution is 7.99. The number of aromatic nitrogens is 2. The summed E-state index contributed by atoms with van der Waals surface area (Å²) in [5.74, 6) is 1.49. The molecule has 0 unspecified atom stereocenters. The molecule has 0 amide bonds. The predicted molar refractivity (Wildman–Crippen MR) is 137 cm³/mol. The zero-order valence-corrected chi connectivity index (χ0v) is 21.1. The van der Waals surface area contributed by atoms with E-state index in [1.165, 1.54) is 23.9 Å². The average molecular weight is 493 g/mol. The van der Waals surface area contributed by atoms with Crippen LogP contribution in [0.15, 0.2) is 84.1 Å². The number of rotatable bonds is 10. The lowest BCUT2D eigenvalue weighted by Gasteiger charge is -2.28. The fourth-order valence-corrected chi connectivity index (χ4v) is 4.65. The number of benzene rings is 3. The fourth-order valence-electron chi connectivity index (χ4n) is 3.92. The van der Waals surface area contributed by atoms with Gasteiger partial charge >= 0.3 is 0 Å². The van der Waals surface area contributed by atoms with Gasteiger partial charge in [-0.2, -0.15) is 0 Å². The van der Waals surface area contributed by atoms with Crippen LogP contribution in [0.25, 0.3) is 5.69 Å². The summed E-state index contributed by atoms with van der Waals surface area (Å²) in [5.41, 5.74) is 3.51. The molecule has 182 valence electrons. The molecule has 4 rings (SSSR count). The molecule has 35 heavy (non-hydrogen) atoms. The van der Waals surface area contributed by atoms with E-state index in [4.69, 9.17) is 19.2 Å². The molecule has 0 saturated carbocycles. The van der Waals surface area contributed by atoms with Gasteiger partial charge in [-0.05, 0) is 47.5 Å². The molecule has 0 aliphatic carbocycles. The number of imidazole rings is 1. The quantitative estimate of drug-likeness (QED) is 0.141. The van der Waals surface area contributed by atoms with E-state index in [0.29, 0.717) is 24.0 Å². The Morgan fingerprint density at radius 1 is 0.914 bits per heavy atom. The largest absolute Gasteiger partial charge is 0.493 e. The monoisotopic (exact) mass is 492 g/mol. The minimum atomic E-state index is -0.440. The van der Waals surface area contributed by atoms with Crippen molar-refractivity contribution in [3.05, 3.63) is 102 Å². The molecule has 0 atom stereocenters. The van der Waals surface area contributed by atoms with Gasteiger partial charge in [-0.15, -0.1) is 0 Å². The number of hydrogen-bond donors (Lipinski definition) is 0. The summed E-state index contributed by atoms with van der Waals surface area (Å²) in [6.07, 6.45) is 1.87. The topological polar surface area (TPSA) is 45.5 Å². The van der Waals surface area contributed by atoms with Crippen molar-refractivity contribution in [2.75, 3.05) is 20.2 Å². The van der Waals surface area contributed by atoms with Gasteiger partial charge in [0.2, 0.25) is 0 Å². The summed E-state index contributed by atoms with van der Waals surface area (Å²) >= 11 is 1.50. The van der Waals surface area contributed by atoms with E-state index in [2.05, 4.69) is 18.4 Å². The van der Waals surface area contributed by atoms with Crippen LogP contribution in [-0.2, 0) is 16.8 Å². The molecular weight excluding hydrogens is 463 g/mol. The number of halogens is 1. The molecule has 0 saturated heterocycles. The van der Waals surface area contributed by atoms with E-state index >= 15 is 0 Å². The van der Waals surface area contributed by atoms with Crippen LogP contribution >= 0.6 is 11.8 Å². The Morgan fingerprint density at radius 3 is 2.31 bits per heavy atom. The van der Waals surface area contributed by atoms with Crippen molar-refractivity contribution in [3.63, 3.8) is 0 Å². The van der Waals surface area contributed by atoms with Crippen molar-refractivity contribution in [2.45, 2.75) is 31.0 Å². The second-order valence-corrected chi connectivity index (χ2v) is 9.42. The molecule has 0 N–H and O–H groups in total. The van der Waals surface area contributed by atoms with Crippen LogP contribution in [0.5, 0.6) is 11.5 Å². The lowest BCUT2D eigenvalue weighted by Crippen LogP contribution is -2.23. The molecule has 1 aromatic heterocycles. The van der Waals surface area contributed by atoms with Gasteiger partial charge in [0.15, 0.2) is 16.7 Å². The van der Waals surface area contributed by atoms with Crippen LogP contribution in [0.4, 0.5) is 4.39 Å². The molecule has 0 bridgehead atoms. The maximum absolute atomic E-state index is 13.7. The first-order valence-electron chi connectivity index (χ1n) is 11.2. The Balaban J connectivity index is 1.66. The van der Waals surface area contributed by atoms with Gasteiger partial charge in [-0.3, -0.25) is 4.57 Å². The molecule has 1 heterocycles. The summed E-state index contributed by atoms with van der Waals surface area (Å²) in [5, 5.41) is 0.772. The van der Waals surface area contributed by atoms with Crippen LogP contribution in [0, 0.1) is 5.82 Å². The molecule has 0 fully saturated rings. The maximum atomic E-state index is 13.7. The second-order valence-electron chi connectivity index (χ2n) is 8.53. The van der Waals surface area contributed by atoms with Crippen molar-refractivity contribution < 1.29 is 18.6 Å². The summed E-state index contributed by atoms with van der Waals surface area (Å²) in [6, 6.07) is 22.4. The maximum Gasteiger partial charge on any atom is 0.175 e. The minimum Gasteiger partial charge on any atom is -0.493 e. The number of methoxy groups -OCH3 is 2. The first-order valence-corrected chi connectivity index (χ1v) is 12.2. The standard InChI is InChI=1S/C28H29FN2O3S/c1-28(2,21-10-15-24(32-3)25(16-21)33-4)26-17-30-27(31(26)23-13-11-22(29)12-14-23)35-19-34-18-20-8-6-5-7-9-20/h5-17H,18-19H2,1-4H3. The third-order valence-electron chi connectivity index (χ3n) is 5.94. The third kappa shape index (κ3) is 5.52. The van der Waals surface area contributed by atoms with Crippen LogP contribution in [0.3, 0.4) is 0 Å². The summed E-state index contributed by atoms with van der Waals surface area (Å²) in [7, 11) is 3.25. The van der Waals surface area contributed by atoms with E-state index < -0.39 is 5.41 Å². The zero-order valence-electron chi connectivity index (χ0n) is 20.3. The first-order chi connectivity index (χ1) is 16.9. The molecule has 0 radical (unpaired) electrons. The second kappa shape index (κ2) is 11.0. The zero-order chi connectivity index (χ0) is 24.8. The van der Waals surface area contributed by atoms with Crippen molar-refractivity contribution in [3.8, 4) is 17.2 Å². The molecule has 5 nitrogen and oxygen atoms in total. The van der Waals surface area contributed by atoms with Crippen LogP contribution in [0.2, 0.25) is 0 Å². The third-order valence-corrected chi connectivity index (χ3v) is 6.77.